The molecule has 2 heterocycles. The van der Waals surface area contributed by atoms with Crippen molar-refractivity contribution >= 4 is 11.6 Å². The van der Waals surface area contributed by atoms with Crippen LogP contribution in [0.1, 0.15) is 32.5 Å². The number of aryl methyl sites for hydroxylation is 1. The van der Waals surface area contributed by atoms with Gasteiger partial charge >= 0.3 is 0 Å². The Bertz CT molecular complexity index is 383. The van der Waals surface area contributed by atoms with Gasteiger partial charge in [-0.15, -0.1) is 0 Å². The third kappa shape index (κ3) is 3.06. The van der Waals surface area contributed by atoms with Gasteiger partial charge in [-0.1, -0.05) is 6.92 Å². The van der Waals surface area contributed by atoms with Crippen molar-refractivity contribution in [1.29, 1.82) is 0 Å². The maximum absolute atomic E-state index is 5.78. The quantitative estimate of drug-likeness (QED) is 0.830. The van der Waals surface area contributed by atoms with Gasteiger partial charge in [-0.05, 0) is 19.8 Å². The molecule has 5 nitrogen and oxygen atoms in total. The van der Waals surface area contributed by atoms with Crippen molar-refractivity contribution in [2.75, 3.05) is 17.7 Å². The molecule has 2 rings (SSSR count). The van der Waals surface area contributed by atoms with E-state index in [9.17, 15) is 0 Å². The molecule has 94 valence electrons. The topological polar surface area (TPSA) is 73.1 Å². The fourth-order valence-corrected chi connectivity index (χ4v) is 2.04. The largest absolute Gasteiger partial charge is 0.384 e. The van der Waals surface area contributed by atoms with Crippen molar-refractivity contribution in [3.05, 3.63) is 11.9 Å². The fraction of sp³-hybridized carbons (Fsp3) is 0.667. The second-order valence-corrected chi connectivity index (χ2v) is 4.46. The summed E-state index contributed by atoms with van der Waals surface area (Å²) in [6, 6.07) is 2.10. The molecule has 0 aliphatic carbocycles. The van der Waals surface area contributed by atoms with E-state index in [0.29, 0.717) is 11.9 Å². The minimum Gasteiger partial charge on any atom is -0.384 e. The van der Waals surface area contributed by atoms with E-state index in [1.807, 2.05) is 0 Å². The molecule has 2 unspecified atom stereocenters. The van der Waals surface area contributed by atoms with Crippen LogP contribution in [0.15, 0.2) is 6.07 Å². The second-order valence-electron chi connectivity index (χ2n) is 4.46. The zero-order valence-corrected chi connectivity index (χ0v) is 10.4. The molecule has 0 radical (unpaired) electrons. The number of nitrogens with two attached hydrogens (primary N) is 1. The van der Waals surface area contributed by atoms with Crippen LogP contribution in [0.5, 0.6) is 0 Å². The molecule has 1 saturated heterocycles. The number of nitrogen functional groups attached to an aromatic ring is 1. The molecule has 17 heavy (non-hydrogen) atoms. The predicted molar refractivity (Wildman–Crippen MR) is 67.9 cm³/mol. The molecule has 0 bridgehead atoms. The van der Waals surface area contributed by atoms with E-state index < -0.39 is 0 Å². The van der Waals surface area contributed by atoms with Crippen LogP contribution >= 0.6 is 0 Å². The molecule has 3 N–H and O–H groups in total. The van der Waals surface area contributed by atoms with Crippen LogP contribution in [0.2, 0.25) is 0 Å². The van der Waals surface area contributed by atoms with Crippen LogP contribution in [0.4, 0.5) is 11.6 Å². The van der Waals surface area contributed by atoms with Crippen LogP contribution in [-0.4, -0.2) is 28.7 Å². The van der Waals surface area contributed by atoms with E-state index in [1.54, 1.807) is 6.07 Å². The zero-order chi connectivity index (χ0) is 12.3. The third-order valence-corrected chi connectivity index (χ3v) is 2.98. The maximum atomic E-state index is 5.78. The number of ether oxygens (including phenoxy) is 1. The van der Waals surface area contributed by atoms with E-state index in [-0.39, 0.29) is 6.10 Å². The highest BCUT2D eigenvalue weighted by Crippen LogP contribution is 2.18. The summed E-state index contributed by atoms with van der Waals surface area (Å²) >= 11 is 0. The first-order valence-electron chi connectivity index (χ1n) is 6.20. The van der Waals surface area contributed by atoms with Gasteiger partial charge in [0.2, 0.25) is 0 Å². The second kappa shape index (κ2) is 5.31. The van der Waals surface area contributed by atoms with Gasteiger partial charge in [0, 0.05) is 19.1 Å². The molecule has 1 aromatic rings. The average Bonchev–Trinajstić information content (AvgIpc) is 2.64. The summed E-state index contributed by atoms with van der Waals surface area (Å²) in [4.78, 5) is 8.68. The highest BCUT2D eigenvalue weighted by Gasteiger charge is 2.24. The lowest BCUT2D eigenvalue weighted by Crippen LogP contribution is -2.27. The number of nitrogens with zero attached hydrogens (tertiary/aromatic N) is 2. The molecular weight excluding hydrogens is 216 g/mol. The van der Waals surface area contributed by atoms with Crippen molar-refractivity contribution in [2.45, 2.75) is 45.3 Å². The lowest BCUT2D eigenvalue weighted by molar-refractivity contribution is 0.121. The lowest BCUT2D eigenvalue weighted by atomic mass is 10.1. The van der Waals surface area contributed by atoms with E-state index in [4.69, 9.17) is 10.5 Å². The zero-order valence-electron chi connectivity index (χ0n) is 10.4. The molecule has 0 aromatic carbocycles. The third-order valence-electron chi connectivity index (χ3n) is 2.98. The Morgan fingerprint density at radius 2 is 2.35 bits per heavy atom. The van der Waals surface area contributed by atoms with Crippen LogP contribution < -0.4 is 11.1 Å². The van der Waals surface area contributed by atoms with Gasteiger partial charge in [0.15, 0.2) is 0 Å². The molecule has 0 amide bonds. The van der Waals surface area contributed by atoms with Gasteiger partial charge in [-0.3, -0.25) is 0 Å². The minimum absolute atomic E-state index is 0.223. The van der Waals surface area contributed by atoms with E-state index in [2.05, 4.69) is 29.1 Å². The molecule has 1 aliphatic heterocycles. The fourth-order valence-electron chi connectivity index (χ4n) is 2.04. The number of hydrogen-bond donors (Lipinski definition) is 2. The molecule has 1 aliphatic rings. The number of nitrogens with one attached hydrogen (secondary N) is 1. The molecular formula is C12H20N4O. The van der Waals surface area contributed by atoms with Crippen molar-refractivity contribution in [3.8, 4) is 0 Å². The Morgan fingerprint density at radius 3 is 3.00 bits per heavy atom. The summed E-state index contributed by atoms with van der Waals surface area (Å²) in [5.41, 5.74) is 5.78. The number of aromatic nitrogens is 2. The van der Waals surface area contributed by atoms with Crippen LogP contribution in [0.25, 0.3) is 0 Å². The SMILES string of the molecule is CCCc1nc(N)cc(NC2CCOC2C)n1. The highest BCUT2D eigenvalue weighted by atomic mass is 16.5. The molecule has 0 saturated carbocycles. The van der Waals surface area contributed by atoms with Gasteiger partial charge in [-0.2, -0.15) is 0 Å². The highest BCUT2D eigenvalue weighted by molar-refractivity contribution is 5.45. The van der Waals surface area contributed by atoms with Gasteiger partial charge in [0.05, 0.1) is 12.1 Å². The van der Waals surface area contributed by atoms with Crippen LogP contribution in [0.3, 0.4) is 0 Å². The number of hydrogen-bond acceptors (Lipinski definition) is 5. The monoisotopic (exact) mass is 236 g/mol. The Labute approximate surface area is 102 Å². The standard InChI is InChI=1S/C12H20N4O/c1-3-4-11-15-10(13)7-12(16-11)14-9-5-6-17-8(9)2/h7-9H,3-6H2,1-2H3,(H3,13,14,15,16). The van der Waals surface area contributed by atoms with Gasteiger partial charge in [-0.25, -0.2) is 9.97 Å². The first-order chi connectivity index (χ1) is 8.19. The van der Waals surface area contributed by atoms with Gasteiger partial charge in [0.25, 0.3) is 0 Å². The summed E-state index contributed by atoms with van der Waals surface area (Å²) < 4.78 is 5.51. The summed E-state index contributed by atoms with van der Waals surface area (Å²) in [5, 5.41) is 3.37. The normalized spacial score (nSPS) is 23.9. The maximum Gasteiger partial charge on any atom is 0.133 e. The smallest absolute Gasteiger partial charge is 0.133 e. The van der Waals surface area contributed by atoms with Crippen LogP contribution in [-0.2, 0) is 11.2 Å². The molecule has 2 atom stereocenters. The molecule has 1 fully saturated rings. The van der Waals surface area contributed by atoms with Gasteiger partial charge < -0.3 is 15.8 Å². The Kier molecular flexibility index (Phi) is 3.78. The lowest BCUT2D eigenvalue weighted by Gasteiger charge is -2.17. The summed E-state index contributed by atoms with van der Waals surface area (Å²) in [6.07, 6.45) is 3.11. The van der Waals surface area contributed by atoms with Gasteiger partial charge in [0.1, 0.15) is 17.5 Å². The Morgan fingerprint density at radius 1 is 1.53 bits per heavy atom. The first-order valence-corrected chi connectivity index (χ1v) is 6.20. The summed E-state index contributed by atoms with van der Waals surface area (Å²) in [5.74, 6) is 2.14. The number of rotatable bonds is 4. The van der Waals surface area contributed by atoms with Crippen molar-refractivity contribution < 1.29 is 4.74 Å². The Hall–Kier alpha value is -1.36. The van der Waals surface area contributed by atoms with Crippen molar-refractivity contribution in [2.24, 2.45) is 0 Å². The average molecular weight is 236 g/mol. The van der Waals surface area contributed by atoms with Crippen LogP contribution in [0, 0.1) is 0 Å². The molecule has 5 heteroatoms. The number of anilines is 2. The summed E-state index contributed by atoms with van der Waals surface area (Å²) in [6.45, 7) is 4.98. The van der Waals surface area contributed by atoms with E-state index in [1.165, 1.54) is 0 Å². The van der Waals surface area contributed by atoms with E-state index in [0.717, 1.165) is 37.5 Å². The van der Waals surface area contributed by atoms with Crippen molar-refractivity contribution in [3.63, 3.8) is 0 Å². The molecule has 0 spiro atoms. The predicted octanol–water partition coefficient (Wildman–Crippen LogP) is 1.60. The Balaban J connectivity index is 2.09. The molecule has 1 aromatic heterocycles. The first kappa shape index (κ1) is 12.1. The van der Waals surface area contributed by atoms with E-state index >= 15 is 0 Å². The summed E-state index contributed by atoms with van der Waals surface area (Å²) in [7, 11) is 0. The van der Waals surface area contributed by atoms with Crippen molar-refractivity contribution in [1.82, 2.24) is 9.97 Å². The minimum atomic E-state index is 0.223.